The molecule has 0 heterocycles. The third-order valence-electron chi connectivity index (χ3n) is 3.72. The summed E-state index contributed by atoms with van der Waals surface area (Å²) in [7, 11) is 0. The summed E-state index contributed by atoms with van der Waals surface area (Å²) in [6, 6.07) is 15.5. The van der Waals surface area contributed by atoms with Gasteiger partial charge in [0.2, 0.25) is 0 Å². The molecule has 3 heteroatoms. The molecule has 0 atom stereocenters. The number of anilines is 1. The number of ether oxygens (including phenoxy) is 1. The Bertz CT molecular complexity index is 558. The lowest BCUT2D eigenvalue weighted by Gasteiger charge is -2.42. The number of benzene rings is 2. The van der Waals surface area contributed by atoms with E-state index in [1.54, 1.807) is 0 Å². The molecule has 0 aliphatic heterocycles. The first-order valence-electron chi connectivity index (χ1n) is 6.49. The van der Waals surface area contributed by atoms with E-state index in [1.165, 1.54) is 12.0 Å². The van der Waals surface area contributed by atoms with E-state index < -0.39 is 0 Å². The summed E-state index contributed by atoms with van der Waals surface area (Å²) in [5, 5.41) is 0.755. The Morgan fingerprint density at radius 3 is 2.11 bits per heavy atom. The highest BCUT2D eigenvalue weighted by molar-refractivity contribution is 6.30. The van der Waals surface area contributed by atoms with Crippen LogP contribution in [0.1, 0.15) is 24.8 Å². The second-order valence-electron chi connectivity index (χ2n) is 5.03. The molecule has 0 saturated heterocycles. The molecule has 2 aromatic rings. The first kappa shape index (κ1) is 12.4. The predicted molar refractivity (Wildman–Crippen MR) is 78.5 cm³/mol. The number of rotatable bonds is 3. The van der Waals surface area contributed by atoms with E-state index in [4.69, 9.17) is 22.1 Å². The standard InChI is InChI=1S/C16H16ClNO/c17-13-4-2-12(3-5-13)16(10-1-11-16)19-15-8-6-14(18)7-9-15/h2-9H,1,10-11,18H2. The number of nitrogen functional groups attached to an aromatic ring is 1. The minimum atomic E-state index is -0.194. The fourth-order valence-electron chi connectivity index (χ4n) is 2.46. The maximum absolute atomic E-state index is 6.22. The number of nitrogens with two attached hydrogens (primary N) is 1. The second-order valence-corrected chi connectivity index (χ2v) is 5.46. The van der Waals surface area contributed by atoms with Gasteiger partial charge < -0.3 is 10.5 Å². The van der Waals surface area contributed by atoms with Crippen molar-refractivity contribution in [2.45, 2.75) is 24.9 Å². The van der Waals surface area contributed by atoms with E-state index in [-0.39, 0.29) is 5.60 Å². The Kier molecular flexibility index (Phi) is 3.11. The SMILES string of the molecule is Nc1ccc(OC2(c3ccc(Cl)cc3)CCC2)cc1. The molecule has 98 valence electrons. The van der Waals surface area contributed by atoms with Gasteiger partial charge in [0.25, 0.3) is 0 Å². The van der Waals surface area contributed by atoms with Crippen LogP contribution in [-0.2, 0) is 5.60 Å². The highest BCUT2D eigenvalue weighted by Crippen LogP contribution is 2.45. The smallest absolute Gasteiger partial charge is 0.134 e. The Morgan fingerprint density at radius 1 is 0.947 bits per heavy atom. The third-order valence-corrected chi connectivity index (χ3v) is 3.98. The van der Waals surface area contributed by atoms with Crippen LogP contribution in [0.4, 0.5) is 5.69 Å². The molecule has 1 saturated carbocycles. The van der Waals surface area contributed by atoms with Gasteiger partial charge in [-0.2, -0.15) is 0 Å². The lowest BCUT2D eigenvalue weighted by molar-refractivity contribution is -0.0121. The highest BCUT2D eigenvalue weighted by Gasteiger charge is 2.41. The van der Waals surface area contributed by atoms with Crippen molar-refractivity contribution in [3.8, 4) is 5.75 Å². The van der Waals surface area contributed by atoms with Gasteiger partial charge in [-0.3, -0.25) is 0 Å². The maximum atomic E-state index is 6.22. The summed E-state index contributed by atoms with van der Waals surface area (Å²) in [5.41, 5.74) is 7.45. The molecule has 1 aliphatic carbocycles. The molecule has 2 N–H and O–H groups in total. The van der Waals surface area contributed by atoms with Crippen LogP contribution in [-0.4, -0.2) is 0 Å². The van der Waals surface area contributed by atoms with Crippen LogP contribution < -0.4 is 10.5 Å². The number of hydrogen-bond donors (Lipinski definition) is 1. The molecule has 3 rings (SSSR count). The van der Waals surface area contributed by atoms with Crippen molar-refractivity contribution >= 4 is 17.3 Å². The summed E-state index contributed by atoms with van der Waals surface area (Å²) < 4.78 is 6.22. The van der Waals surface area contributed by atoms with Crippen molar-refractivity contribution < 1.29 is 4.74 Å². The fourth-order valence-corrected chi connectivity index (χ4v) is 2.59. The van der Waals surface area contributed by atoms with Crippen LogP contribution in [0.15, 0.2) is 48.5 Å². The van der Waals surface area contributed by atoms with Gasteiger partial charge in [-0.25, -0.2) is 0 Å². The Hall–Kier alpha value is -1.67. The topological polar surface area (TPSA) is 35.2 Å². The van der Waals surface area contributed by atoms with Gasteiger partial charge in [-0.1, -0.05) is 23.7 Å². The Labute approximate surface area is 118 Å². The van der Waals surface area contributed by atoms with Crippen molar-refractivity contribution in [1.82, 2.24) is 0 Å². The fraction of sp³-hybridized carbons (Fsp3) is 0.250. The molecule has 0 amide bonds. The molecular weight excluding hydrogens is 258 g/mol. The molecule has 2 aromatic carbocycles. The van der Waals surface area contributed by atoms with Crippen LogP contribution >= 0.6 is 11.6 Å². The summed E-state index contributed by atoms with van der Waals surface area (Å²) >= 11 is 5.95. The number of hydrogen-bond acceptors (Lipinski definition) is 2. The largest absolute Gasteiger partial charge is 0.483 e. The summed E-state index contributed by atoms with van der Waals surface area (Å²) in [4.78, 5) is 0. The van der Waals surface area contributed by atoms with E-state index >= 15 is 0 Å². The zero-order valence-corrected chi connectivity index (χ0v) is 11.4. The normalized spacial score (nSPS) is 16.7. The van der Waals surface area contributed by atoms with Crippen molar-refractivity contribution in [2.75, 3.05) is 5.73 Å². The van der Waals surface area contributed by atoms with Crippen molar-refractivity contribution in [2.24, 2.45) is 0 Å². The van der Waals surface area contributed by atoms with Gasteiger partial charge in [-0.15, -0.1) is 0 Å². The van der Waals surface area contributed by atoms with Crippen molar-refractivity contribution in [1.29, 1.82) is 0 Å². The predicted octanol–water partition coefficient (Wildman–Crippen LogP) is 4.38. The van der Waals surface area contributed by atoms with Crippen LogP contribution in [0.3, 0.4) is 0 Å². The lowest BCUT2D eigenvalue weighted by atomic mass is 9.75. The van der Waals surface area contributed by atoms with Crippen molar-refractivity contribution in [3.63, 3.8) is 0 Å². The molecular formula is C16H16ClNO. The second kappa shape index (κ2) is 4.78. The highest BCUT2D eigenvalue weighted by atomic mass is 35.5. The van der Waals surface area contributed by atoms with E-state index in [9.17, 15) is 0 Å². The number of halogens is 1. The van der Waals surface area contributed by atoms with Gasteiger partial charge in [0, 0.05) is 10.7 Å². The molecule has 19 heavy (non-hydrogen) atoms. The molecule has 0 bridgehead atoms. The van der Waals surface area contributed by atoms with Gasteiger partial charge in [0.05, 0.1) is 0 Å². The van der Waals surface area contributed by atoms with Gasteiger partial charge >= 0.3 is 0 Å². The molecule has 1 aliphatic rings. The van der Waals surface area contributed by atoms with Gasteiger partial charge in [0.15, 0.2) is 0 Å². The van der Waals surface area contributed by atoms with Crippen LogP contribution in [0.2, 0.25) is 5.02 Å². The van der Waals surface area contributed by atoms with Gasteiger partial charge in [-0.05, 0) is 61.2 Å². The molecule has 2 nitrogen and oxygen atoms in total. The van der Waals surface area contributed by atoms with E-state index in [2.05, 4.69) is 12.1 Å². The zero-order chi connectivity index (χ0) is 13.3. The third kappa shape index (κ3) is 2.41. The summed E-state index contributed by atoms with van der Waals surface area (Å²) in [6.45, 7) is 0. The van der Waals surface area contributed by atoms with Crippen LogP contribution in [0.5, 0.6) is 5.75 Å². The first-order chi connectivity index (χ1) is 9.18. The minimum absolute atomic E-state index is 0.194. The average Bonchev–Trinajstić information content (AvgIpc) is 2.37. The zero-order valence-electron chi connectivity index (χ0n) is 10.6. The van der Waals surface area contributed by atoms with E-state index in [0.29, 0.717) is 0 Å². The molecule has 1 fully saturated rings. The molecule has 0 spiro atoms. The quantitative estimate of drug-likeness (QED) is 0.842. The van der Waals surface area contributed by atoms with Crippen LogP contribution in [0, 0.1) is 0 Å². The lowest BCUT2D eigenvalue weighted by Crippen LogP contribution is -2.40. The van der Waals surface area contributed by atoms with E-state index in [0.717, 1.165) is 29.3 Å². The van der Waals surface area contributed by atoms with Crippen LogP contribution in [0.25, 0.3) is 0 Å². The molecule has 0 unspecified atom stereocenters. The van der Waals surface area contributed by atoms with Gasteiger partial charge in [0.1, 0.15) is 11.4 Å². The monoisotopic (exact) mass is 273 g/mol. The molecule has 0 radical (unpaired) electrons. The molecule has 0 aromatic heterocycles. The first-order valence-corrected chi connectivity index (χ1v) is 6.86. The average molecular weight is 274 g/mol. The maximum Gasteiger partial charge on any atom is 0.134 e. The Morgan fingerprint density at radius 2 is 1.58 bits per heavy atom. The summed E-state index contributed by atoms with van der Waals surface area (Å²) in [6.07, 6.45) is 3.27. The minimum Gasteiger partial charge on any atom is -0.483 e. The van der Waals surface area contributed by atoms with Crippen molar-refractivity contribution in [3.05, 3.63) is 59.1 Å². The Balaban J connectivity index is 1.87. The van der Waals surface area contributed by atoms with E-state index in [1.807, 2.05) is 36.4 Å². The summed E-state index contributed by atoms with van der Waals surface area (Å²) in [5.74, 6) is 0.865.